The van der Waals surface area contributed by atoms with Gasteiger partial charge in [0.05, 0.1) is 11.7 Å². The van der Waals surface area contributed by atoms with Crippen LogP contribution in [0.25, 0.3) is 0 Å². The number of aliphatic hydroxyl groups is 2. The van der Waals surface area contributed by atoms with E-state index in [2.05, 4.69) is 5.32 Å². The highest BCUT2D eigenvalue weighted by atomic mass is 16.4. The normalized spacial score (nSPS) is 13.6. The van der Waals surface area contributed by atoms with Crippen LogP contribution in [0.5, 0.6) is 0 Å². The third-order valence-corrected chi connectivity index (χ3v) is 2.84. The average Bonchev–Trinajstić information content (AvgIpc) is 2.36. The lowest BCUT2D eigenvalue weighted by Crippen LogP contribution is -2.28. The highest BCUT2D eigenvalue weighted by molar-refractivity contribution is 5.95. The second-order valence-corrected chi connectivity index (χ2v) is 4.40. The molecule has 0 aliphatic heterocycles. The van der Waals surface area contributed by atoms with Crippen LogP contribution < -0.4 is 11.1 Å². The fourth-order valence-corrected chi connectivity index (χ4v) is 1.84. The minimum atomic E-state index is -1.39. The molecule has 0 aliphatic carbocycles. The number of aromatic carboxylic acids is 1. The van der Waals surface area contributed by atoms with Gasteiger partial charge in [-0.3, -0.25) is 4.79 Å². The predicted molar refractivity (Wildman–Crippen MR) is 72.1 cm³/mol. The van der Waals surface area contributed by atoms with Crippen LogP contribution in [0.2, 0.25) is 0 Å². The standard InChI is InChI=1S/C13H18N2O5/c1-7(16)15-6-5-10(17)12(18)8-3-2-4-9(14)11(8)13(19)20/h2-4,10,12,17-18H,5-6,14H2,1H3,(H,15,16)(H,19,20). The van der Waals surface area contributed by atoms with Crippen molar-refractivity contribution in [3.8, 4) is 0 Å². The first-order valence-corrected chi connectivity index (χ1v) is 6.06. The number of carboxylic acid groups (broad SMARTS) is 1. The fourth-order valence-electron chi connectivity index (χ4n) is 1.84. The maximum atomic E-state index is 11.1. The Bertz CT molecular complexity index is 504. The van der Waals surface area contributed by atoms with Gasteiger partial charge in [0.1, 0.15) is 6.10 Å². The average molecular weight is 282 g/mol. The van der Waals surface area contributed by atoms with E-state index in [1.807, 2.05) is 0 Å². The van der Waals surface area contributed by atoms with Crippen molar-refractivity contribution in [3.63, 3.8) is 0 Å². The predicted octanol–water partition coefficient (Wildman–Crippen LogP) is -0.113. The van der Waals surface area contributed by atoms with E-state index < -0.39 is 18.2 Å². The summed E-state index contributed by atoms with van der Waals surface area (Å²) in [5, 5.41) is 31.4. The van der Waals surface area contributed by atoms with Crippen LogP contribution >= 0.6 is 0 Å². The minimum absolute atomic E-state index is 0.0168. The lowest BCUT2D eigenvalue weighted by molar-refractivity contribution is -0.119. The molecule has 6 N–H and O–H groups in total. The third kappa shape index (κ3) is 3.94. The van der Waals surface area contributed by atoms with Crippen molar-refractivity contribution in [1.29, 1.82) is 0 Å². The molecule has 0 bridgehead atoms. The van der Waals surface area contributed by atoms with Crippen LogP contribution in [-0.2, 0) is 4.79 Å². The van der Waals surface area contributed by atoms with Crippen LogP contribution in [0, 0.1) is 0 Å². The Labute approximate surface area is 116 Å². The van der Waals surface area contributed by atoms with Crippen molar-refractivity contribution >= 4 is 17.6 Å². The van der Waals surface area contributed by atoms with E-state index in [0.717, 1.165) is 0 Å². The molecule has 110 valence electrons. The van der Waals surface area contributed by atoms with Gasteiger partial charge in [-0.2, -0.15) is 0 Å². The SMILES string of the molecule is CC(=O)NCCC(O)C(O)c1cccc(N)c1C(=O)O. The van der Waals surface area contributed by atoms with Gasteiger partial charge in [-0.15, -0.1) is 0 Å². The molecule has 7 heteroatoms. The van der Waals surface area contributed by atoms with Crippen LogP contribution in [-0.4, -0.2) is 39.8 Å². The van der Waals surface area contributed by atoms with Gasteiger partial charge in [0.2, 0.25) is 5.91 Å². The largest absolute Gasteiger partial charge is 0.478 e. The summed E-state index contributed by atoms with van der Waals surface area (Å²) < 4.78 is 0. The van der Waals surface area contributed by atoms with Crippen LogP contribution in [0.1, 0.15) is 35.4 Å². The number of carbonyl (C=O) groups excluding carboxylic acids is 1. The summed E-state index contributed by atoms with van der Waals surface area (Å²) in [6.45, 7) is 1.52. The Morgan fingerprint density at radius 2 is 2.00 bits per heavy atom. The molecule has 2 atom stereocenters. The molecule has 0 aromatic heterocycles. The molecular formula is C13H18N2O5. The molecule has 0 saturated heterocycles. The molecule has 1 amide bonds. The number of amides is 1. The number of nitrogens with two attached hydrogens (primary N) is 1. The Kier molecular flexibility index (Phi) is 5.48. The number of hydrogen-bond acceptors (Lipinski definition) is 5. The van der Waals surface area contributed by atoms with Gasteiger partial charge in [-0.1, -0.05) is 12.1 Å². The summed E-state index contributed by atoms with van der Waals surface area (Å²) in [6.07, 6.45) is -2.51. The number of rotatable bonds is 6. The number of nitrogens with one attached hydrogen (secondary N) is 1. The topological polar surface area (TPSA) is 133 Å². The quantitative estimate of drug-likeness (QED) is 0.462. The van der Waals surface area contributed by atoms with Crippen molar-refractivity contribution in [1.82, 2.24) is 5.32 Å². The molecule has 2 unspecified atom stereocenters. The number of carbonyl (C=O) groups is 2. The Morgan fingerprint density at radius 3 is 2.55 bits per heavy atom. The Morgan fingerprint density at radius 1 is 1.35 bits per heavy atom. The smallest absolute Gasteiger partial charge is 0.338 e. The van der Waals surface area contributed by atoms with Gasteiger partial charge in [-0.25, -0.2) is 4.79 Å². The Balaban J connectivity index is 2.86. The number of carboxylic acids is 1. The maximum absolute atomic E-state index is 11.1. The molecule has 1 aromatic carbocycles. The van der Waals surface area contributed by atoms with Gasteiger partial charge in [0, 0.05) is 19.2 Å². The molecule has 1 aromatic rings. The molecule has 1 rings (SSSR count). The molecular weight excluding hydrogens is 264 g/mol. The van der Waals surface area contributed by atoms with Crippen molar-refractivity contribution in [2.45, 2.75) is 25.6 Å². The number of benzene rings is 1. The number of anilines is 1. The maximum Gasteiger partial charge on any atom is 0.338 e. The number of nitrogen functional groups attached to an aromatic ring is 1. The summed E-state index contributed by atoms with van der Waals surface area (Å²) in [5.41, 5.74) is 5.41. The van der Waals surface area contributed by atoms with Crippen molar-refractivity contribution in [2.24, 2.45) is 0 Å². The van der Waals surface area contributed by atoms with Gasteiger partial charge >= 0.3 is 5.97 Å². The van der Waals surface area contributed by atoms with Gasteiger partial charge in [0.15, 0.2) is 0 Å². The van der Waals surface area contributed by atoms with E-state index in [1.54, 1.807) is 0 Å². The van der Waals surface area contributed by atoms with Crippen molar-refractivity contribution in [3.05, 3.63) is 29.3 Å². The summed E-state index contributed by atoms with van der Waals surface area (Å²) in [5.74, 6) is -1.52. The summed E-state index contributed by atoms with van der Waals surface area (Å²) in [7, 11) is 0. The molecule has 0 fully saturated rings. The van der Waals surface area contributed by atoms with Crippen molar-refractivity contribution < 1.29 is 24.9 Å². The summed E-state index contributed by atoms with van der Waals surface area (Å²) >= 11 is 0. The zero-order valence-corrected chi connectivity index (χ0v) is 11.0. The van der Waals surface area contributed by atoms with E-state index in [-0.39, 0.29) is 35.7 Å². The number of aliphatic hydroxyl groups excluding tert-OH is 2. The summed E-state index contributed by atoms with van der Waals surface area (Å²) in [4.78, 5) is 21.8. The minimum Gasteiger partial charge on any atom is -0.478 e. The van der Waals surface area contributed by atoms with E-state index in [9.17, 15) is 19.8 Å². The lowest BCUT2D eigenvalue weighted by Gasteiger charge is -2.20. The molecule has 0 saturated carbocycles. The first-order chi connectivity index (χ1) is 9.34. The lowest BCUT2D eigenvalue weighted by atomic mass is 9.96. The zero-order chi connectivity index (χ0) is 15.3. The van der Waals surface area contributed by atoms with Crippen molar-refractivity contribution in [2.75, 3.05) is 12.3 Å². The highest BCUT2D eigenvalue weighted by Crippen LogP contribution is 2.26. The van der Waals surface area contributed by atoms with Crippen LogP contribution in [0.3, 0.4) is 0 Å². The first-order valence-electron chi connectivity index (χ1n) is 6.06. The van der Waals surface area contributed by atoms with Gasteiger partial charge in [0.25, 0.3) is 0 Å². The van der Waals surface area contributed by atoms with E-state index in [4.69, 9.17) is 10.8 Å². The molecule has 7 nitrogen and oxygen atoms in total. The molecule has 0 aliphatic rings. The zero-order valence-electron chi connectivity index (χ0n) is 11.0. The monoisotopic (exact) mass is 282 g/mol. The molecule has 20 heavy (non-hydrogen) atoms. The van der Waals surface area contributed by atoms with E-state index >= 15 is 0 Å². The number of hydrogen-bond donors (Lipinski definition) is 5. The molecule has 0 heterocycles. The highest BCUT2D eigenvalue weighted by Gasteiger charge is 2.24. The van der Waals surface area contributed by atoms with E-state index in [0.29, 0.717) is 0 Å². The van der Waals surface area contributed by atoms with Crippen LogP contribution in [0.15, 0.2) is 18.2 Å². The van der Waals surface area contributed by atoms with E-state index in [1.165, 1.54) is 25.1 Å². The third-order valence-electron chi connectivity index (χ3n) is 2.84. The van der Waals surface area contributed by atoms with Gasteiger partial charge in [-0.05, 0) is 18.1 Å². The fraction of sp³-hybridized carbons (Fsp3) is 0.385. The van der Waals surface area contributed by atoms with Gasteiger partial charge < -0.3 is 26.4 Å². The summed E-state index contributed by atoms with van der Waals surface area (Å²) in [6, 6.07) is 4.30. The second kappa shape index (κ2) is 6.88. The molecule has 0 radical (unpaired) electrons. The Hall–Kier alpha value is -2.12. The van der Waals surface area contributed by atoms with Crippen LogP contribution in [0.4, 0.5) is 5.69 Å². The second-order valence-electron chi connectivity index (χ2n) is 4.40. The first kappa shape index (κ1) is 15.9. The molecule has 0 spiro atoms.